The minimum Gasteiger partial charge on any atom is -0.456 e. The molecule has 0 amide bonds. The van der Waals surface area contributed by atoms with Gasteiger partial charge in [-0.1, -0.05) is 121 Å². The smallest absolute Gasteiger partial charge is 0.180 e. The Bertz CT molecular complexity index is 3740. The highest BCUT2D eigenvalue weighted by molar-refractivity contribution is 6.28. The molecule has 0 N–H and O–H groups in total. The Balaban J connectivity index is 1.09. The van der Waals surface area contributed by atoms with E-state index in [0.717, 1.165) is 77.4 Å². The summed E-state index contributed by atoms with van der Waals surface area (Å²) in [6.07, 6.45) is 0. The molecule has 0 radical (unpaired) electrons. The number of hydrogen-bond acceptors (Lipinski definition) is 4. The number of para-hydroxylation sites is 1. The van der Waals surface area contributed by atoms with Crippen LogP contribution in [0.2, 0.25) is 0 Å². The number of benzene rings is 9. The first-order chi connectivity index (χ1) is 28.2. The van der Waals surface area contributed by atoms with Crippen molar-refractivity contribution in [3.63, 3.8) is 0 Å². The van der Waals surface area contributed by atoms with Crippen LogP contribution in [0.1, 0.15) is 0 Å². The first kappa shape index (κ1) is 30.6. The Morgan fingerprint density at radius 2 is 1.04 bits per heavy atom. The van der Waals surface area contributed by atoms with Gasteiger partial charge in [-0.3, -0.25) is 0 Å². The van der Waals surface area contributed by atoms with Crippen LogP contribution in [0, 0.1) is 0 Å². The average Bonchev–Trinajstić information content (AvgIpc) is 3.95. The van der Waals surface area contributed by atoms with E-state index in [1.165, 1.54) is 37.7 Å². The molecule has 9 aromatic carbocycles. The van der Waals surface area contributed by atoms with Crippen molar-refractivity contribution in [3.05, 3.63) is 176 Å². The van der Waals surface area contributed by atoms with Gasteiger partial charge in [0.2, 0.25) is 0 Å². The highest BCUT2D eigenvalue weighted by Gasteiger charge is 2.23. The maximum atomic E-state index is 6.60. The predicted molar refractivity (Wildman–Crippen MR) is 234 cm³/mol. The van der Waals surface area contributed by atoms with E-state index < -0.39 is 0 Å². The molecular formula is C52H29N3O2. The molecule has 0 aliphatic heterocycles. The van der Waals surface area contributed by atoms with Crippen molar-refractivity contribution in [2.24, 2.45) is 0 Å². The van der Waals surface area contributed by atoms with Crippen molar-refractivity contribution in [1.82, 2.24) is 14.5 Å². The van der Waals surface area contributed by atoms with E-state index in [2.05, 4.69) is 150 Å². The van der Waals surface area contributed by atoms with E-state index in [1.807, 2.05) is 30.3 Å². The number of nitrogens with zero attached hydrogens (tertiary/aromatic N) is 3. The maximum absolute atomic E-state index is 6.60. The van der Waals surface area contributed by atoms with Crippen molar-refractivity contribution in [2.45, 2.75) is 0 Å². The van der Waals surface area contributed by atoms with Crippen LogP contribution in [0.4, 0.5) is 0 Å². The van der Waals surface area contributed by atoms with Gasteiger partial charge in [-0.15, -0.1) is 0 Å². The Morgan fingerprint density at radius 1 is 0.404 bits per heavy atom. The molecular weight excluding hydrogens is 699 g/mol. The lowest BCUT2D eigenvalue weighted by atomic mass is 10.00. The lowest BCUT2D eigenvalue weighted by molar-refractivity contribution is 0.667. The lowest BCUT2D eigenvalue weighted by Crippen LogP contribution is -1.95. The first-order valence-electron chi connectivity index (χ1n) is 19.2. The molecule has 0 saturated carbocycles. The standard InChI is InChI=1S/C52H29N3O2/c1-2-13-33-28-34(21-20-30(33)10-1)49-51-50(38-16-7-8-18-43(38)57-51)54-52(53-49)39-17-9-19-45-46(39)40-29-35(24-27-44(40)56-45)55-41-25-22-31-11-3-5-14-36(31)47(41)48-37-15-6-4-12-32(37)23-26-42(48)55/h1-29H. The van der Waals surface area contributed by atoms with Gasteiger partial charge in [0, 0.05) is 43.7 Å². The summed E-state index contributed by atoms with van der Waals surface area (Å²) in [6.45, 7) is 0. The third kappa shape index (κ3) is 4.34. The summed E-state index contributed by atoms with van der Waals surface area (Å²) < 4.78 is 15.5. The quantitative estimate of drug-likeness (QED) is 0.182. The van der Waals surface area contributed by atoms with Gasteiger partial charge >= 0.3 is 0 Å². The number of furan rings is 2. The molecule has 0 unspecified atom stereocenters. The van der Waals surface area contributed by atoms with Crippen molar-refractivity contribution < 1.29 is 8.83 Å². The van der Waals surface area contributed by atoms with Crippen LogP contribution >= 0.6 is 0 Å². The summed E-state index contributed by atoms with van der Waals surface area (Å²) in [6, 6.07) is 62.0. The van der Waals surface area contributed by atoms with Crippen LogP contribution in [0.25, 0.3) is 126 Å². The molecule has 264 valence electrons. The maximum Gasteiger partial charge on any atom is 0.180 e. The molecule has 57 heavy (non-hydrogen) atoms. The topological polar surface area (TPSA) is 57.0 Å². The van der Waals surface area contributed by atoms with Crippen LogP contribution in [0.3, 0.4) is 0 Å². The number of fused-ring (bicyclic) bond motifs is 14. The highest BCUT2D eigenvalue weighted by Crippen LogP contribution is 2.43. The molecule has 0 saturated heterocycles. The van der Waals surface area contributed by atoms with Crippen molar-refractivity contribution in [1.29, 1.82) is 0 Å². The molecule has 0 atom stereocenters. The Hall–Kier alpha value is -7.76. The van der Waals surface area contributed by atoms with Crippen molar-refractivity contribution in [2.75, 3.05) is 0 Å². The predicted octanol–water partition coefficient (Wildman–Crippen LogP) is 14.2. The summed E-state index contributed by atoms with van der Waals surface area (Å²) in [7, 11) is 0. The molecule has 0 aliphatic carbocycles. The summed E-state index contributed by atoms with van der Waals surface area (Å²) in [5, 5.41) is 12.7. The zero-order valence-electron chi connectivity index (χ0n) is 30.4. The fourth-order valence-corrected chi connectivity index (χ4v) is 9.21. The van der Waals surface area contributed by atoms with Crippen molar-refractivity contribution >= 4 is 98.1 Å². The molecule has 0 fully saturated rings. The lowest BCUT2D eigenvalue weighted by Gasteiger charge is -2.10. The number of rotatable bonds is 3. The molecule has 4 heterocycles. The SMILES string of the molecule is c1ccc2cc(-c3nc(-c4cccc5oc6ccc(-n7c8ccc9ccccc9c8c8c9ccccc9ccc87)cc6c45)nc4c3oc3ccccc34)ccc2c1. The second-order valence-electron chi connectivity index (χ2n) is 14.9. The molecule has 5 heteroatoms. The first-order valence-corrected chi connectivity index (χ1v) is 19.2. The monoisotopic (exact) mass is 727 g/mol. The minimum absolute atomic E-state index is 0.616. The van der Waals surface area contributed by atoms with Crippen molar-refractivity contribution in [3.8, 4) is 28.3 Å². The van der Waals surface area contributed by atoms with Crippen LogP contribution in [0.5, 0.6) is 0 Å². The summed E-state index contributed by atoms with van der Waals surface area (Å²) >= 11 is 0. The van der Waals surface area contributed by atoms with Gasteiger partial charge < -0.3 is 13.4 Å². The average molecular weight is 728 g/mol. The molecule has 4 aromatic heterocycles. The molecule has 13 rings (SSSR count). The second-order valence-corrected chi connectivity index (χ2v) is 14.9. The second kappa shape index (κ2) is 11.4. The van der Waals surface area contributed by atoms with E-state index in [1.54, 1.807) is 0 Å². The normalized spacial score (nSPS) is 12.2. The number of aromatic nitrogens is 3. The van der Waals surface area contributed by atoms with Gasteiger partial charge in [0.15, 0.2) is 11.4 Å². The summed E-state index contributed by atoms with van der Waals surface area (Å²) in [4.78, 5) is 10.6. The van der Waals surface area contributed by atoms with Crippen LogP contribution in [-0.4, -0.2) is 14.5 Å². The fraction of sp³-hybridized carbons (Fsp3) is 0. The number of hydrogen-bond donors (Lipinski definition) is 0. The highest BCUT2D eigenvalue weighted by atomic mass is 16.3. The molecule has 13 aromatic rings. The van der Waals surface area contributed by atoms with Crippen LogP contribution in [-0.2, 0) is 0 Å². The molecule has 0 aliphatic rings. The van der Waals surface area contributed by atoms with Crippen LogP contribution in [0.15, 0.2) is 185 Å². The van der Waals surface area contributed by atoms with Gasteiger partial charge in [-0.05, 0) is 86.9 Å². The van der Waals surface area contributed by atoms with Gasteiger partial charge in [-0.25, -0.2) is 9.97 Å². The van der Waals surface area contributed by atoms with Crippen LogP contribution < -0.4 is 0 Å². The molecule has 5 nitrogen and oxygen atoms in total. The summed E-state index contributed by atoms with van der Waals surface area (Å²) in [5.41, 5.74) is 9.84. The van der Waals surface area contributed by atoms with E-state index in [4.69, 9.17) is 18.8 Å². The minimum atomic E-state index is 0.616. The third-order valence-electron chi connectivity index (χ3n) is 11.8. The van der Waals surface area contributed by atoms with Gasteiger partial charge in [0.05, 0.1) is 11.0 Å². The zero-order valence-corrected chi connectivity index (χ0v) is 30.4. The largest absolute Gasteiger partial charge is 0.456 e. The summed E-state index contributed by atoms with van der Waals surface area (Å²) in [5.74, 6) is 0.616. The van der Waals surface area contributed by atoms with Gasteiger partial charge in [0.25, 0.3) is 0 Å². The van der Waals surface area contributed by atoms with E-state index in [0.29, 0.717) is 11.4 Å². The Morgan fingerprint density at radius 3 is 1.81 bits per heavy atom. The zero-order chi connectivity index (χ0) is 37.2. The Labute approximate surface area is 324 Å². The van der Waals surface area contributed by atoms with Gasteiger partial charge in [-0.2, -0.15) is 0 Å². The third-order valence-corrected chi connectivity index (χ3v) is 11.8. The van der Waals surface area contributed by atoms with E-state index >= 15 is 0 Å². The van der Waals surface area contributed by atoms with Gasteiger partial charge in [0.1, 0.15) is 28.0 Å². The van der Waals surface area contributed by atoms with E-state index in [9.17, 15) is 0 Å². The fourth-order valence-electron chi connectivity index (χ4n) is 9.21. The molecule has 0 spiro atoms. The Kier molecular flexibility index (Phi) is 6.10. The molecule has 0 bridgehead atoms. The van der Waals surface area contributed by atoms with E-state index in [-0.39, 0.29) is 0 Å².